The fourth-order valence-electron chi connectivity index (χ4n) is 2.75. The Labute approximate surface area is 139 Å². The van der Waals surface area contributed by atoms with Gasteiger partial charge in [0, 0.05) is 23.4 Å². The summed E-state index contributed by atoms with van der Waals surface area (Å²) in [5.41, 5.74) is 3.60. The Bertz CT molecular complexity index is 805. The number of Topliss-reactive ketones (excluding diaryl/α,β-unsaturated/α-hetero) is 1. The van der Waals surface area contributed by atoms with Crippen LogP contribution in [-0.4, -0.2) is 27.8 Å². The van der Waals surface area contributed by atoms with Crippen molar-refractivity contribution < 1.29 is 19.5 Å². The molecule has 24 heavy (non-hydrogen) atoms. The van der Waals surface area contributed by atoms with Gasteiger partial charge in [-0.05, 0) is 50.5 Å². The molecule has 0 unspecified atom stereocenters. The Morgan fingerprint density at radius 3 is 2.50 bits per heavy atom. The first-order valence-electron chi connectivity index (χ1n) is 7.61. The molecule has 0 bridgehead atoms. The third kappa shape index (κ3) is 3.90. The summed E-state index contributed by atoms with van der Waals surface area (Å²) in [4.78, 5) is 37.7. The number of carboxylic acid groups (broad SMARTS) is 1. The monoisotopic (exact) mass is 328 g/mol. The molecule has 0 aliphatic heterocycles. The number of aliphatic carboxylic acids is 1. The Hall–Kier alpha value is -2.89. The lowest BCUT2D eigenvalue weighted by molar-refractivity contribution is -0.136. The number of aromatic nitrogens is 1. The highest BCUT2D eigenvalue weighted by molar-refractivity contribution is 6.07. The quantitative estimate of drug-likeness (QED) is 0.709. The maximum Gasteiger partial charge on any atom is 0.303 e. The van der Waals surface area contributed by atoms with E-state index in [0.29, 0.717) is 34.6 Å². The number of hydrogen-bond acceptors (Lipinski definition) is 3. The van der Waals surface area contributed by atoms with Gasteiger partial charge in [-0.2, -0.15) is 0 Å². The summed E-state index contributed by atoms with van der Waals surface area (Å²) < 4.78 is 0. The van der Waals surface area contributed by atoms with Crippen LogP contribution in [0.25, 0.3) is 0 Å². The first-order valence-corrected chi connectivity index (χ1v) is 7.61. The molecule has 0 fully saturated rings. The van der Waals surface area contributed by atoms with Crippen molar-refractivity contribution >= 4 is 23.3 Å². The Morgan fingerprint density at radius 1 is 1.21 bits per heavy atom. The van der Waals surface area contributed by atoms with Gasteiger partial charge in [-0.3, -0.25) is 14.4 Å². The summed E-state index contributed by atoms with van der Waals surface area (Å²) >= 11 is 0. The largest absolute Gasteiger partial charge is 0.481 e. The normalized spacial score (nSPS) is 10.5. The van der Waals surface area contributed by atoms with Crippen LogP contribution in [0.4, 0.5) is 5.69 Å². The third-order valence-electron chi connectivity index (χ3n) is 3.83. The molecule has 2 rings (SSSR count). The van der Waals surface area contributed by atoms with E-state index in [1.807, 2.05) is 6.07 Å². The number of anilines is 1. The number of carboxylic acids is 1. The average Bonchev–Trinajstić information content (AvgIpc) is 2.80. The number of hydrogen-bond donors (Lipinski definition) is 3. The summed E-state index contributed by atoms with van der Waals surface area (Å²) in [5, 5.41) is 11.5. The van der Waals surface area contributed by atoms with E-state index in [2.05, 4.69) is 10.3 Å². The number of rotatable bonds is 6. The van der Waals surface area contributed by atoms with E-state index in [9.17, 15) is 14.4 Å². The van der Waals surface area contributed by atoms with Gasteiger partial charge in [0.25, 0.3) is 5.91 Å². The zero-order chi connectivity index (χ0) is 17.9. The predicted molar refractivity (Wildman–Crippen MR) is 90.6 cm³/mol. The average molecular weight is 328 g/mol. The summed E-state index contributed by atoms with van der Waals surface area (Å²) in [6.07, 6.45) is 0.433. The maximum atomic E-state index is 12.5. The van der Waals surface area contributed by atoms with Gasteiger partial charge in [-0.1, -0.05) is 12.1 Å². The molecule has 0 saturated heterocycles. The van der Waals surface area contributed by atoms with Crippen LogP contribution >= 0.6 is 0 Å². The van der Waals surface area contributed by atoms with E-state index in [1.165, 1.54) is 6.92 Å². The number of ketones is 1. The topological polar surface area (TPSA) is 99.3 Å². The van der Waals surface area contributed by atoms with Gasteiger partial charge in [0.05, 0.1) is 0 Å². The van der Waals surface area contributed by atoms with Crippen LogP contribution in [0, 0.1) is 13.8 Å². The molecule has 6 nitrogen and oxygen atoms in total. The summed E-state index contributed by atoms with van der Waals surface area (Å²) in [6.45, 7) is 4.96. The molecule has 0 spiro atoms. The van der Waals surface area contributed by atoms with E-state index < -0.39 is 5.97 Å². The van der Waals surface area contributed by atoms with Crippen molar-refractivity contribution in [3.63, 3.8) is 0 Å². The highest BCUT2D eigenvalue weighted by Gasteiger charge is 2.19. The lowest BCUT2D eigenvalue weighted by Gasteiger charge is -2.07. The van der Waals surface area contributed by atoms with Crippen molar-refractivity contribution in [2.75, 3.05) is 5.32 Å². The van der Waals surface area contributed by atoms with E-state index in [1.54, 1.807) is 32.0 Å². The van der Waals surface area contributed by atoms with Gasteiger partial charge < -0.3 is 15.4 Å². The second kappa shape index (κ2) is 7.12. The number of nitrogens with one attached hydrogen (secondary N) is 2. The number of aromatic amines is 1. The van der Waals surface area contributed by atoms with Crippen LogP contribution in [0.5, 0.6) is 0 Å². The molecular formula is C18H20N2O4. The maximum absolute atomic E-state index is 12.5. The first-order chi connectivity index (χ1) is 11.3. The second-order valence-corrected chi connectivity index (χ2v) is 5.73. The summed E-state index contributed by atoms with van der Waals surface area (Å²) in [5.74, 6) is -1.28. The van der Waals surface area contributed by atoms with Crippen LogP contribution < -0.4 is 5.32 Å². The molecule has 2 aromatic rings. The van der Waals surface area contributed by atoms with Crippen LogP contribution in [0.1, 0.15) is 51.0 Å². The number of carbonyl (C=O) groups excluding carboxylic acids is 2. The molecule has 0 atom stereocenters. The van der Waals surface area contributed by atoms with Gasteiger partial charge in [0.1, 0.15) is 5.69 Å². The Morgan fingerprint density at radius 2 is 1.92 bits per heavy atom. The van der Waals surface area contributed by atoms with Gasteiger partial charge in [0.15, 0.2) is 5.78 Å². The molecule has 126 valence electrons. The number of H-pyrrole nitrogens is 1. The molecule has 1 amide bonds. The van der Waals surface area contributed by atoms with Crippen molar-refractivity contribution in [1.82, 2.24) is 4.98 Å². The molecule has 0 aliphatic carbocycles. The Kier molecular flexibility index (Phi) is 5.18. The molecular weight excluding hydrogens is 308 g/mol. The van der Waals surface area contributed by atoms with Crippen LogP contribution in [-0.2, 0) is 11.2 Å². The molecule has 0 radical (unpaired) electrons. The molecule has 1 aromatic heterocycles. The van der Waals surface area contributed by atoms with Crippen LogP contribution in [0.15, 0.2) is 24.3 Å². The van der Waals surface area contributed by atoms with Crippen molar-refractivity contribution in [3.8, 4) is 0 Å². The van der Waals surface area contributed by atoms with Gasteiger partial charge in [-0.15, -0.1) is 0 Å². The van der Waals surface area contributed by atoms with Gasteiger partial charge >= 0.3 is 5.97 Å². The SMILES string of the molecule is CC(=O)c1c(C)[nH]c(C(=O)Nc2cccc(CCC(=O)O)c2)c1C. The summed E-state index contributed by atoms with van der Waals surface area (Å²) in [6, 6.07) is 7.06. The lowest BCUT2D eigenvalue weighted by atomic mass is 10.1. The first kappa shape index (κ1) is 17.5. The molecule has 1 aromatic carbocycles. The summed E-state index contributed by atoms with van der Waals surface area (Å²) in [7, 11) is 0. The number of carbonyl (C=O) groups is 3. The molecule has 0 saturated carbocycles. The molecule has 6 heteroatoms. The number of amides is 1. The highest BCUT2D eigenvalue weighted by atomic mass is 16.4. The smallest absolute Gasteiger partial charge is 0.303 e. The second-order valence-electron chi connectivity index (χ2n) is 5.73. The molecule has 0 aliphatic rings. The fraction of sp³-hybridized carbons (Fsp3) is 0.278. The fourth-order valence-corrected chi connectivity index (χ4v) is 2.75. The molecule has 1 heterocycles. The number of aryl methyl sites for hydroxylation is 2. The highest BCUT2D eigenvalue weighted by Crippen LogP contribution is 2.20. The standard InChI is InChI=1S/C18H20N2O4/c1-10-16(12(3)21)11(2)19-17(10)18(24)20-14-6-4-5-13(9-14)7-8-15(22)23/h4-6,9,19H,7-8H2,1-3H3,(H,20,24)(H,22,23). The zero-order valence-electron chi connectivity index (χ0n) is 13.9. The number of benzene rings is 1. The van der Waals surface area contributed by atoms with E-state index >= 15 is 0 Å². The van der Waals surface area contributed by atoms with Crippen molar-refractivity contribution in [1.29, 1.82) is 0 Å². The Balaban J connectivity index is 2.18. The van der Waals surface area contributed by atoms with Crippen molar-refractivity contribution in [2.45, 2.75) is 33.6 Å². The zero-order valence-corrected chi connectivity index (χ0v) is 13.9. The van der Waals surface area contributed by atoms with Gasteiger partial charge in [0.2, 0.25) is 0 Å². The van der Waals surface area contributed by atoms with Crippen LogP contribution in [0.2, 0.25) is 0 Å². The minimum Gasteiger partial charge on any atom is -0.481 e. The van der Waals surface area contributed by atoms with E-state index in [-0.39, 0.29) is 18.1 Å². The minimum atomic E-state index is -0.862. The lowest BCUT2D eigenvalue weighted by Crippen LogP contribution is -2.14. The van der Waals surface area contributed by atoms with Crippen LogP contribution in [0.3, 0.4) is 0 Å². The van der Waals surface area contributed by atoms with E-state index in [4.69, 9.17) is 5.11 Å². The van der Waals surface area contributed by atoms with Gasteiger partial charge in [-0.25, -0.2) is 0 Å². The predicted octanol–water partition coefficient (Wildman–Crippen LogP) is 3.10. The van der Waals surface area contributed by atoms with Crippen molar-refractivity contribution in [2.24, 2.45) is 0 Å². The van der Waals surface area contributed by atoms with Crippen molar-refractivity contribution in [3.05, 3.63) is 52.3 Å². The van der Waals surface area contributed by atoms with E-state index in [0.717, 1.165) is 5.56 Å². The minimum absolute atomic E-state index is 0.0360. The molecule has 3 N–H and O–H groups in total. The third-order valence-corrected chi connectivity index (χ3v) is 3.83.